The van der Waals surface area contributed by atoms with Gasteiger partial charge < -0.3 is 15.2 Å². The summed E-state index contributed by atoms with van der Waals surface area (Å²) in [5.74, 6) is 0.0175. The van der Waals surface area contributed by atoms with Gasteiger partial charge >= 0.3 is 11.8 Å². The third-order valence-electron chi connectivity index (χ3n) is 2.77. The van der Waals surface area contributed by atoms with Crippen molar-refractivity contribution in [3.8, 4) is 0 Å². The summed E-state index contributed by atoms with van der Waals surface area (Å²) in [5, 5.41) is 20.3. The molecule has 2 aromatic heterocycles. The summed E-state index contributed by atoms with van der Waals surface area (Å²) in [6.45, 7) is 2.09. The molecule has 0 bridgehead atoms. The Kier molecular flexibility index (Phi) is 4.53. The molecular weight excluding hydrogens is 296 g/mol. The highest BCUT2D eigenvalue weighted by atomic mass is 32.2. The molecule has 2 heterocycles. The Morgan fingerprint density at radius 1 is 1.52 bits per heavy atom. The van der Waals surface area contributed by atoms with Crippen LogP contribution in [0.3, 0.4) is 0 Å². The first kappa shape index (κ1) is 15.0. The normalized spacial score (nSPS) is 10.5. The Morgan fingerprint density at radius 2 is 2.29 bits per heavy atom. The fraction of sp³-hybridized carbons (Fsp3) is 0.250. The van der Waals surface area contributed by atoms with Gasteiger partial charge in [-0.1, -0.05) is 0 Å². The zero-order valence-corrected chi connectivity index (χ0v) is 11.9. The molecule has 8 nitrogen and oxygen atoms in total. The number of hydrogen-bond donors (Lipinski definition) is 1. The molecule has 0 aliphatic heterocycles. The first-order valence-electron chi connectivity index (χ1n) is 5.97. The summed E-state index contributed by atoms with van der Waals surface area (Å²) in [4.78, 5) is 29.2. The van der Waals surface area contributed by atoms with Crippen LogP contribution in [0.25, 0.3) is 0 Å². The lowest BCUT2D eigenvalue weighted by molar-refractivity contribution is -0.392. The van der Waals surface area contributed by atoms with E-state index < -0.39 is 10.9 Å². The first-order chi connectivity index (χ1) is 9.99. The van der Waals surface area contributed by atoms with E-state index in [1.165, 1.54) is 40.9 Å². The van der Waals surface area contributed by atoms with Gasteiger partial charge in [-0.25, -0.2) is 19.3 Å². The maximum atomic E-state index is 10.9. The van der Waals surface area contributed by atoms with Crippen LogP contribution in [0.4, 0.5) is 5.82 Å². The van der Waals surface area contributed by atoms with Crippen molar-refractivity contribution in [2.24, 2.45) is 0 Å². The van der Waals surface area contributed by atoms with Gasteiger partial charge in [0, 0.05) is 18.9 Å². The van der Waals surface area contributed by atoms with Crippen molar-refractivity contribution in [2.75, 3.05) is 5.75 Å². The van der Waals surface area contributed by atoms with Gasteiger partial charge in [0.05, 0.1) is 10.6 Å². The van der Waals surface area contributed by atoms with Crippen LogP contribution in [0.15, 0.2) is 29.6 Å². The molecule has 1 N–H and O–H groups in total. The number of carboxylic acids is 1. The standard InChI is InChI=1S/C12H12N4O4S/c1-8-14-7-11(16(19)20)15(8)4-5-21-10-6-9(12(17)18)2-3-13-10/h2-3,6-7H,4-5H2,1H3,(H,17,18). The average Bonchev–Trinajstić information content (AvgIpc) is 2.81. The predicted molar refractivity (Wildman–Crippen MR) is 75.5 cm³/mol. The molecule has 2 aromatic rings. The van der Waals surface area contributed by atoms with Gasteiger partial charge in [-0.05, 0) is 17.1 Å². The monoisotopic (exact) mass is 308 g/mol. The van der Waals surface area contributed by atoms with Crippen molar-refractivity contribution in [1.82, 2.24) is 14.5 Å². The lowest BCUT2D eigenvalue weighted by atomic mass is 10.3. The number of carboxylic acid groups (broad SMARTS) is 1. The third kappa shape index (κ3) is 3.57. The molecule has 110 valence electrons. The summed E-state index contributed by atoms with van der Waals surface area (Å²) in [7, 11) is 0. The summed E-state index contributed by atoms with van der Waals surface area (Å²) in [6.07, 6.45) is 2.65. The van der Waals surface area contributed by atoms with Crippen LogP contribution in [0.2, 0.25) is 0 Å². The van der Waals surface area contributed by atoms with E-state index in [1.54, 1.807) is 6.92 Å². The molecule has 9 heteroatoms. The van der Waals surface area contributed by atoms with Crippen LogP contribution in [-0.2, 0) is 6.54 Å². The van der Waals surface area contributed by atoms with Crippen molar-refractivity contribution in [1.29, 1.82) is 0 Å². The van der Waals surface area contributed by atoms with Crippen molar-refractivity contribution in [3.63, 3.8) is 0 Å². The number of imidazole rings is 1. The van der Waals surface area contributed by atoms with Crippen molar-refractivity contribution >= 4 is 23.5 Å². The molecule has 0 atom stereocenters. The number of aromatic carboxylic acids is 1. The van der Waals surface area contributed by atoms with Crippen LogP contribution in [0, 0.1) is 17.0 Å². The molecule has 0 saturated heterocycles. The molecule has 0 unspecified atom stereocenters. The molecule has 21 heavy (non-hydrogen) atoms. The highest BCUT2D eigenvalue weighted by Gasteiger charge is 2.17. The number of aromatic nitrogens is 3. The number of thioether (sulfide) groups is 1. The minimum absolute atomic E-state index is 0.0552. The predicted octanol–water partition coefficient (Wildman–Crippen LogP) is 1.99. The maximum Gasteiger partial charge on any atom is 0.342 e. The molecular formula is C12H12N4O4S. The van der Waals surface area contributed by atoms with Gasteiger partial charge in [0.2, 0.25) is 0 Å². The van der Waals surface area contributed by atoms with Crippen LogP contribution in [0.1, 0.15) is 16.2 Å². The van der Waals surface area contributed by atoms with E-state index in [9.17, 15) is 14.9 Å². The Morgan fingerprint density at radius 3 is 2.95 bits per heavy atom. The third-order valence-corrected chi connectivity index (χ3v) is 3.67. The quantitative estimate of drug-likeness (QED) is 0.493. The summed E-state index contributed by atoms with van der Waals surface area (Å²) < 4.78 is 1.51. The minimum Gasteiger partial charge on any atom is -0.478 e. The van der Waals surface area contributed by atoms with E-state index in [1.807, 2.05) is 0 Å². The van der Waals surface area contributed by atoms with E-state index in [0.717, 1.165) is 0 Å². The van der Waals surface area contributed by atoms with E-state index in [2.05, 4.69) is 9.97 Å². The zero-order chi connectivity index (χ0) is 15.4. The van der Waals surface area contributed by atoms with Gasteiger partial charge in [0.1, 0.15) is 12.7 Å². The number of nitro groups is 1. The molecule has 2 rings (SSSR count). The lowest BCUT2D eigenvalue weighted by Gasteiger charge is -2.03. The second-order valence-electron chi connectivity index (χ2n) is 4.11. The van der Waals surface area contributed by atoms with E-state index in [-0.39, 0.29) is 11.4 Å². The highest BCUT2D eigenvalue weighted by Crippen LogP contribution is 2.19. The van der Waals surface area contributed by atoms with Crippen molar-refractivity contribution in [2.45, 2.75) is 18.5 Å². The highest BCUT2D eigenvalue weighted by molar-refractivity contribution is 7.99. The fourth-order valence-electron chi connectivity index (χ4n) is 1.74. The fourth-order valence-corrected chi connectivity index (χ4v) is 2.57. The number of carbonyl (C=O) groups is 1. The van der Waals surface area contributed by atoms with Crippen LogP contribution in [0.5, 0.6) is 0 Å². The van der Waals surface area contributed by atoms with Crippen LogP contribution in [-0.4, -0.2) is 36.3 Å². The molecule has 0 aliphatic carbocycles. The Hall–Kier alpha value is -2.42. The second kappa shape index (κ2) is 6.35. The average molecular weight is 308 g/mol. The van der Waals surface area contributed by atoms with Crippen molar-refractivity contribution in [3.05, 3.63) is 46.0 Å². The zero-order valence-electron chi connectivity index (χ0n) is 11.1. The van der Waals surface area contributed by atoms with Crippen molar-refractivity contribution < 1.29 is 14.8 Å². The van der Waals surface area contributed by atoms with Crippen LogP contribution < -0.4 is 0 Å². The van der Waals surface area contributed by atoms with Gasteiger partial charge in [-0.15, -0.1) is 11.8 Å². The first-order valence-corrected chi connectivity index (χ1v) is 6.96. The topological polar surface area (TPSA) is 111 Å². The van der Waals surface area contributed by atoms with Gasteiger partial charge in [-0.3, -0.25) is 0 Å². The summed E-state index contributed by atoms with van der Waals surface area (Å²) in [5.41, 5.74) is 0.164. The number of aryl methyl sites for hydroxylation is 1. The van der Waals surface area contributed by atoms with E-state index in [0.29, 0.717) is 23.1 Å². The SMILES string of the molecule is Cc1ncc([N+](=O)[O-])n1CCSc1cc(C(=O)O)ccn1. The number of rotatable bonds is 6. The smallest absolute Gasteiger partial charge is 0.342 e. The summed E-state index contributed by atoms with van der Waals surface area (Å²) >= 11 is 1.33. The molecule has 0 radical (unpaired) electrons. The molecule has 0 amide bonds. The number of nitrogens with zero attached hydrogens (tertiary/aromatic N) is 4. The van der Waals surface area contributed by atoms with Gasteiger partial charge in [0.25, 0.3) is 0 Å². The van der Waals surface area contributed by atoms with E-state index in [4.69, 9.17) is 5.11 Å². The van der Waals surface area contributed by atoms with Gasteiger partial charge in [0.15, 0.2) is 5.82 Å². The summed E-state index contributed by atoms with van der Waals surface area (Å²) in [6, 6.07) is 2.89. The Bertz CT molecular complexity index is 686. The number of hydrogen-bond acceptors (Lipinski definition) is 6. The second-order valence-corrected chi connectivity index (χ2v) is 5.22. The maximum absolute atomic E-state index is 10.9. The molecule has 0 aromatic carbocycles. The van der Waals surface area contributed by atoms with Gasteiger partial charge in [-0.2, -0.15) is 0 Å². The largest absolute Gasteiger partial charge is 0.478 e. The molecule has 0 spiro atoms. The lowest BCUT2D eigenvalue weighted by Crippen LogP contribution is -2.07. The molecule has 0 aliphatic rings. The molecule has 0 fully saturated rings. The van der Waals surface area contributed by atoms with E-state index >= 15 is 0 Å². The Labute approximate surface area is 124 Å². The number of pyridine rings is 1. The van der Waals surface area contributed by atoms with Crippen LogP contribution >= 0.6 is 11.8 Å². The minimum atomic E-state index is -1.01. The molecule has 0 saturated carbocycles. The Balaban J connectivity index is 2.02.